The minimum Gasteiger partial charge on any atom is -0.361 e. The molecule has 0 aliphatic carbocycles. The summed E-state index contributed by atoms with van der Waals surface area (Å²) in [5, 5.41) is 2.34. The molecule has 6 N–H and O–H groups in total. The number of fused-ring (bicyclic) bond motifs is 3. The topological polar surface area (TPSA) is 83.6 Å². The molecule has 4 heteroatoms. The molecule has 0 radical (unpaired) electrons. The Hall–Kier alpha value is -1.78. The summed E-state index contributed by atoms with van der Waals surface area (Å²) >= 11 is 0. The second-order valence-electron chi connectivity index (χ2n) is 6.76. The molecule has 3 aromatic rings. The van der Waals surface area contributed by atoms with Gasteiger partial charge >= 0.3 is 0 Å². The van der Waals surface area contributed by atoms with Gasteiger partial charge in [-0.2, -0.15) is 0 Å². The Kier molecular flexibility index (Phi) is 2.56. The molecule has 0 saturated carbocycles. The van der Waals surface area contributed by atoms with E-state index < -0.39 is 11.1 Å². The van der Waals surface area contributed by atoms with Crippen LogP contribution in [0.15, 0.2) is 24.5 Å². The van der Waals surface area contributed by atoms with E-state index in [2.05, 4.69) is 22.1 Å². The third-order valence-electron chi connectivity index (χ3n) is 3.88. The van der Waals surface area contributed by atoms with Crippen LogP contribution < -0.4 is 11.5 Å². The zero-order valence-corrected chi connectivity index (χ0v) is 12.5. The molecule has 0 unspecified atom stereocenters. The Labute approximate surface area is 118 Å². The van der Waals surface area contributed by atoms with Crippen molar-refractivity contribution in [1.82, 2.24) is 9.97 Å². The summed E-state index contributed by atoms with van der Waals surface area (Å²) in [4.78, 5) is 6.64. The van der Waals surface area contributed by atoms with Crippen molar-refractivity contribution in [3.05, 3.63) is 35.7 Å². The SMILES string of the molecule is CC(C)(N)c1c[nH]c2ccc3[nH]cc(C(C)(C)N)c3c12. The summed E-state index contributed by atoms with van der Waals surface area (Å²) in [6, 6.07) is 4.16. The molecule has 0 aliphatic rings. The largest absolute Gasteiger partial charge is 0.361 e. The number of H-pyrrole nitrogens is 2. The molecule has 0 spiro atoms. The lowest BCUT2D eigenvalue weighted by Gasteiger charge is -2.21. The predicted octanol–water partition coefficient (Wildman–Crippen LogP) is 3.04. The minimum atomic E-state index is -0.403. The monoisotopic (exact) mass is 270 g/mol. The van der Waals surface area contributed by atoms with Gasteiger partial charge in [-0.15, -0.1) is 0 Å². The third kappa shape index (κ3) is 1.84. The molecule has 0 bridgehead atoms. The van der Waals surface area contributed by atoms with E-state index in [1.807, 2.05) is 40.1 Å². The van der Waals surface area contributed by atoms with Gasteiger partial charge in [-0.25, -0.2) is 0 Å². The van der Waals surface area contributed by atoms with Gasteiger partial charge in [0.15, 0.2) is 0 Å². The normalized spacial score (nSPS) is 13.5. The fraction of sp³-hybridized carbons (Fsp3) is 0.375. The highest BCUT2D eigenvalue weighted by molar-refractivity contribution is 6.09. The minimum absolute atomic E-state index is 0.403. The number of nitrogens with one attached hydrogen (secondary N) is 2. The zero-order valence-electron chi connectivity index (χ0n) is 12.5. The van der Waals surface area contributed by atoms with Crippen LogP contribution in [0.1, 0.15) is 38.8 Å². The molecular formula is C16H22N4. The molecule has 106 valence electrons. The molecule has 0 atom stereocenters. The van der Waals surface area contributed by atoms with Gasteiger partial charge < -0.3 is 21.4 Å². The van der Waals surface area contributed by atoms with E-state index in [-0.39, 0.29) is 0 Å². The third-order valence-corrected chi connectivity index (χ3v) is 3.88. The molecule has 4 nitrogen and oxygen atoms in total. The van der Waals surface area contributed by atoms with Crippen LogP contribution in [-0.4, -0.2) is 9.97 Å². The summed E-state index contributed by atoms with van der Waals surface area (Å²) in [6.07, 6.45) is 4.01. The average molecular weight is 270 g/mol. The Bertz CT molecular complexity index is 711. The molecule has 2 aromatic heterocycles. The first-order valence-electron chi connectivity index (χ1n) is 6.89. The second kappa shape index (κ2) is 3.87. The predicted molar refractivity (Wildman–Crippen MR) is 84.6 cm³/mol. The van der Waals surface area contributed by atoms with E-state index in [1.54, 1.807) is 0 Å². The fourth-order valence-electron chi connectivity index (χ4n) is 2.86. The molecule has 0 amide bonds. The molecule has 2 heterocycles. The van der Waals surface area contributed by atoms with E-state index in [1.165, 1.54) is 10.8 Å². The molecule has 0 fully saturated rings. The van der Waals surface area contributed by atoms with Gasteiger partial charge in [0, 0.05) is 45.3 Å². The molecule has 0 aliphatic heterocycles. The summed E-state index contributed by atoms with van der Waals surface area (Å²) in [6.45, 7) is 8.09. The van der Waals surface area contributed by atoms with Gasteiger partial charge in [-0.3, -0.25) is 0 Å². The Morgan fingerprint density at radius 1 is 0.750 bits per heavy atom. The molecule has 3 rings (SSSR count). The molecular weight excluding hydrogens is 248 g/mol. The van der Waals surface area contributed by atoms with Gasteiger partial charge in [-0.05, 0) is 51.0 Å². The van der Waals surface area contributed by atoms with Gasteiger partial charge in [-0.1, -0.05) is 0 Å². The molecule has 20 heavy (non-hydrogen) atoms. The summed E-state index contributed by atoms with van der Waals surface area (Å²) in [7, 11) is 0. The number of rotatable bonds is 2. The molecule has 1 aromatic carbocycles. The maximum absolute atomic E-state index is 6.32. The Morgan fingerprint density at radius 3 is 1.40 bits per heavy atom. The lowest BCUT2D eigenvalue weighted by Crippen LogP contribution is -2.29. The van der Waals surface area contributed by atoms with Crippen LogP contribution in [0.4, 0.5) is 0 Å². The second-order valence-corrected chi connectivity index (χ2v) is 6.76. The Balaban J connectivity index is 2.50. The van der Waals surface area contributed by atoms with Gasteiger partial charge in [0.1, 0.15) is 0 Å². The van der Waals surface area contributed by atoms with Crippen LogP contribution in [0, 0.1) is 0 Å². The maximum atomic E-state index is 6.32. The van der Waals surface area contributed by atoms with Gasteiger partial charge in [0.2, 0.25) is 0 Å². The average Bonchev–Trinajstić information content (AvgIpc) is 2.89. The van der Waals surface area contributed by atoms with Crippen LogP contribution in [0.5, 0.6) is 0 Å². The van der Waals surface area contributed by atoms with Crippen molar-refractivity contribution in [2.24, 2.45) is 11.5 Å². The van der Waals surface area contributed by atoms with Crippen LogP contribution in [0.25, 0.3) is 21.8 Å². The van der Waals surface area contributed by atoms with E-state index in [4.69, 9.17) is 11.5 Å². The van der Waals surface area contributed by atoms with E-state index in [9.17, 15) is 0 Å². The number of hydrogen-bond donors (Lipinski definition) is 4. The zero-order chi connectivity index (χ0) is 14.7. The highest BCUT2D eigenvalue weighted by atomic mass is 14.8. The number of hydrogen-bond acceptors (Lipinski definition) is 2. The number of nitrogens with two attached hydrogens (primary N) is 2. The fourth-order valence-corrected chi connectivity index (χ4v) is 2.86. The summed E-state index contributed by atoms with van der Waals surface area (Å²) in [5.41, 5.74) is 16.3. The van der Waals surface area contributed by atoms with Crippen molar-refractivity contribution in [2.75, 3.05) is 0 Å². The maximum Gasteiger partial charge on any atom is 0.0465 e. The quantitative estimate of drug-likeness (QED) is 0.577. The number of benzene rings is 1. The number of aromatic nitrogens is 2. The van der Waals surface area contributed by atoms with Crippen LogP contribution >= 0.6 is 0 Å². The van der Waals surface area contributed by atoms with Gasteiger partial charge in [0.25, 0.3) is 0 Å². The van der Waals surface area contributed by atoms with E-state index >= 15 is 0 Å². The smallest absolute Gasteiger partial charge is 0.0465 e. The van der Waals surface area contributed by atoms with Crippen molar-refractivity contribution in [3.63, 3.8) is 0 Å². The van der Waals surface area contributed by atoms with Gasteiger partial charge in [0.05, 0.1) is 0 Å². The van der Waals surface area contributed by atoms with Crippen LogP contribution in [0.3, 0.4) is 0 Å². The highest BCUT2D eigenvalue weighted by Gasteiger charge is 2.25. The lowest BCUT2D eigenvalue weighted by atomic mass is 9.89. The molecule has 0 saturated heterocycles. The summed E-state index contributed by atoms with van der Waals surface area (Å²) in [5.74, 6) is 0. The highest BCUT2D eigenvalue weighted by Crippen LogP contribution is 2.37. The first-order chi connectivity index (χ1) is 9.19. The van der Waals surface area contributed by atoms with Crippen molar-refractivity contribution in [3.8, 4) is 0 Å². The standard InChI is InChI=1S/C16H22N4/c1-15(2,17)9-7-19-11-5-6-12-14(13(9)11)10(8-20-12)16(3,4)18/h5-8,19-20H,17-18H2,1-4H3. The van der Waals surface area contributed by atoms with Crippen molar-refractivity contribution >= 4 is 21.8 Å². The first kappa shape index (κ1) is 13.2. The van der Waals surface area contributed by atoms with Crippen LogP contribution in [0.2, 0.25) is 0 Å². The first-order valence-corrected chi connectivity index (χ1v) is 6.89. The van der Waals surface area contributed by atoms with Crippen molar-refractivity contribution in [2.45, 2.75) is 38.8 Å². The lowest BCUT2D eigenvalue weighted by molar-refractivity contribution is 0.556. The van der Waals surface area contributed by atoms with Crippen molar-refractivity contribution < 1.29 is 0 Å². The van der Waals surface area contributed by atoms with E-state index in [0.717, 1.165) is 22.2 Å². The van der Waals surface area contributed by atoms with Crippen molar-refractivity contribution in [1.29, 1.82) is 0 Å². The van der Waals surface area contributed by atoms with E-state index in [0.29, 0.717) is 0 Å². The summed E-state index contributed by atoms with van der Waals surface area (Å²) < 4.78 is 0. The number of aromatic amines is 2. The Morgan fingerprint density at radius 2 is 1.10 bits per heavy atom. The van der Waals surface area contributed by atoms with Crippen LogP contribution in [-0.2, 0) is 11.1 Å².